The van der Waals surface area contributed by atoms with Gasteiger partial charge in [-0.1, -0.05) is 13.8 Å². The highest BCUT2D eigenvalue weighted by atomic mass is 16.4. The zero-order valence-corrected chi connectivity index (χ0v) is 12.9. The molecule has 20 heavy (non-hydrogen) atoms. The zero-order valence-electron chi connectivity index (χ0n) is 12.9. The number of carbonyl (C=O) groups is 2. The highest BCUT2D eigenvalue weighted by molar-refractivity contribution is 5.87. The summed E-state index contributed by atoms with van der Waals surface area (Å²) in [5, 5.41) is 9.43. The summed E-state index contributed by atoms with van der Waals surface area (Å²) in [5.41, 5.74) is 4.69. The lowest BCUT2D eigenvalue weighted by atomic mass is 9.86. The third-order valence-electron chi connectivity index (χ3n) is 4.25. The van der Waals surface area contributed by atoms with Crippen molar-refractivity contribution in [2.24, 2.45) is 17.6 Å². The Morgan fingerprint density at radius 2 is 2.00 bits per heavy atom. The highest BCUT2D eigenvalue weighted by Gasteiger charge is 2.43. The van der Waals surface area contributed by atoms with Crippen molar-refractivity contribution in [3.05, 3.63) is 0 Å². The average Bonchev–Trinajstić information content (AvgIpc) is 2.37. The van der Waals surface area contributed by atoms with Crippen molar-refractivity contribution < 1.29 is 14.7 Å². The minimum Gasteiger partial charge on any atom is -0.480 e. The molecule has 0 saturated carbocycles. The van der Waals surface area contributed by atoms with Gasteiger partial charge < -0.3 is 15.7 Å². The first-order chi connectivity index (χ1) is 9.31. The van der Waals surface area contributed by atoms with Gasteiger partial charge in [0.05, 0.1) is 0 Å². The first-order valence-electron chi connectivity index (χ1n) is 7.55. The molecule has 2 atom stereocenters. The lowest BCUT2D eigenvalue weighted by molar-refractivity contribution is -0.161. The minimum atomic E-state index is -1.05. The highest BCUT2D eigenvalue weighted by Crippen LogP contribution is 2.30. The number of hydrogen-bond acceptors (Lipinski definition) is 3. The maximum absolute atomic E-state index is 12.5. The summed E-state index contributed by atoms with van der Waals surface area (Å²) in [5.74, 6) is -0.338. The second-order valence-electron chi connectivity index (χ2n) is 6.52. The van der Waals surface area contributed by atoms with Gasteiger partial charge in [-0.15, -0.1) is 0 Å². The molecule has 1 rings (SSSR count). The van der Waals surface area contributed by atoms with E-state index in [0.717, 1.165) is 19.3 Å². The van der Waals surface area contributed by atoms with E-state index < -0.39 is 11.5 Å². The van der Waals surface area contributed by atoms with E-state index in [1.165, 1.54) is 0 Å². The van der Waals surface area contributed by atoms with E-state index in [0.29, 0.717) is 31.8 Å². The largest absolute Gasteiger partial charge is 0.480 e. The molecule has 116 valence electrons. The van der Waals surface area contributed by atoms with E-state index in [4.69, 9.17) is 5.73 Å². The van der Waals surface area contributed by atoms with Gasteiger partial charge in [0.25, 0.3) is 0 Å². The first kappa shape index (κ1) is 17.0. The van der Waals surface area contributed by atoms with Crippen LogP contribution in [0.2, 0.25) is 0 Å². The molecule has 5 heteroatoms. The van der Waals surface area contributed by atoms with Crippen molar-refractivity contribution in [3.8, 4) is 0 Å². The van der Waals surface area contributed by atoms with Gasteiger partial charge in [-0.05, 0) is 51.0 Å². The number of piperidine rings is 1. The molecule has 3 N–H and O–H groups in total. The topological polar surface area (TPSA) is 83.6 Å². The van der Waals surface area contributed by atoms with Crippen LogP contribution in [0.1, 0.15) is 52.9 Å². The van der Waals surface area contributed by atoms with Crippen molar-refractivity contribution in [2.75, 3.05) is 13.1 Å². The van der Waals surface area contributed by atoms with Gasteiger partial charge >= 0.3 is 5.97 Å². The Labute approximate surface area is 121 Å². The summed E-state index contributed by atoms with van der Waals surface area (Å²) >= 11 is 0. The summed E-state index contributed by atoms with van der Waals surface area (Å²) in [4.78, 5) is 25.5. The lowest BCUT2D eigenvalue weighted by Crippen LogP contribution is -2.57. The van der Waals surface area contributed by atoms with Crippen molar-refractivity contribution in [1.82, 2.24) is 4.90 Å². The molecule has 1 aliphatic heterocycles. The number of aliphatic carboxylic acids is 1. The van der Waals surface area contributed by atoms with Crippen LogP contribution in [0.3, 0.4) is 0 Å². The molecule has 0 aliphatic carbocycles. The summed E-state index contributed by atoms with van der Waals surface area (Å²) in [6.45, 7) is 6.89. The number of nitrogens with zero attached hydrogens (tertiary/aromatic N) is 1. The molecule has 1 fully saturated rings. The molecule has 0 radical (unpaired) electrons. The maximum Gasteiger partial charge on any atom is 0.329 e. The van der Waals surface area contributed by atoms with E-state index in [9.17, 15) is 14.7 Å². The number of amides is 1. The molecule has 0 spiro atoms. The minimum absolute atomic E-state index is 0.0642. The Kier molecular flexibility index (Phi) is 5.99. The van der Waals surface area contributed by atoms with Gasteiger partial charge in [-0.3, -0.25) is 4.79 Å². The van der Waals surface area contributed by atoms with Crippen LogP contribution in [0, 0.1) is 11.8 Å². The normalized spacial score (nSPS) is 24.8. The van der Waals surface area contributed by atoms with Crippen LogP contribution in [0.4, 0.5) is 0 Å². The zero-order chi connectivity index (χ0) is 15.3. The second-order valence-corrected chi connectivity index (χ2v) is 6.52. The van der Waals surface area contributed by atoms with Gasteiger partial charge in [-0.2, -0.15) is 0 Å². The molecule has 0 aromatic carbocycles. The molecule has 1 saturated heterocycles. The fraction of sp³-hybridized carbons (Fsp3) is 0.867. The van der Waals surface area contributed by atoms with Crippen LogP contribution >= 0.6 is 0 Å². The Morgan fingerprint density at radius 1 is 1.35 bits per heavy atom. The van der Waals surface area contributed by atoms with Crippen molar-refractivity contribution in [2.45, 2.75) is 58.4 Å². The number of hydrogen-bond donors (Lipinski definition) is 2. The first-order valence-corrected chi connectivity index (χ1v) is 7.55. The molecule has 2 unspecified atom stereocenters. The molecule has 1 aliphatic rings. The Morgan fingerprint density at radius 3 is 2.50 bits per heavy atom. The SMILES string of the molecule is CC(C)CC(CN)CC(=O)N1CCCCC1(C)C(=O)O. The van der Waals surface area contributed by atoms with E-state index in [-0.39, 0.29) is 11.8 Å². The van der Waals surface area contributed by atoms with Gasteiger partial charge in [0, 0.05) is 13.0 Å². The van der Waals surface area contributed by atoms with Crippen LogP contribution in [0.15, 0.2) is 0 Å². The number of carbonyl (C=O) groups excluding carboxylic acids is 1. The molecule has 1 amide bonds. The van der Waals surface area contributed by atoms with Crippen LogP contribution in [0.25, 0.3) is 0 Å². The fourth-order valence-corrected chi connectivity index (χ4v) is 3.03. The van der Waals surface area contributed by atoms with E-state index >= 15 is 0 Å². The predicted octanol–water partition coefficient (Wildman–Crippen LogP) is 1.85. The Bertz CT molecular complexity index is 357. The van der Waals surface area contributed by atoms with Gasteiger partial charge in [0.15, 0.2) is 0 Å². The van der Waals surface area contributed by atoms with Crippen molar-refractivity contribution in [3.63, 3.8) is 0 Å². The van der Waals surface area contributed by atoms with E-state index in [1.807, 2.05) is 0 Å². The summed E-state index contributed by atoms with van der Waals surface area (Å²) < 4.78 is 0. The van der Waals surface area contributed by atoms with Crippen LogP contribution in [-0.2, 0) is 9.59 Å². The number of nitrogens with two attached hydrogens (primary N) is 1. The Hall–Kier alpha value is -1.10. The third kappa shape index (κ3) is 3.95. The van der Waals surface area contributed by atoms with Crippen LogP contribution in [0.5, 0.6) is 0 Å². The van der Waals surface area contributed by atoms with Crippen LogP contribution < -0.4 is 5.73 Å². The standard InChI is InChI=1S/C15H28N2O3/c1-11(2)8-12(10-16)9-13(18)17-7-5-4-6-15(17,3)14(19)20/h11-12H,4-10,16H2,1-3H3,(H,19,20). The molecule has 1 heterocycles. The summed E-state index contributed by atoms with van der Waals surface area (Å²) in [6, 6.07) is 0. The van der Waals surface area contributed by atoms with Crippen LogP contribution in [-0.4, -0.2) is 40.5 Å². The molecular formula is C15H28N2O3. The lowest BCUT2D eigenvalue weighted by Gasteiger charge is -2.42. The fourth-order valence-electron chi connectivity index (χ4n) is 3.03. The van der Waals surface area contributed by atoms with Gasteiger partial charge in [0.1, 0.15) is 5.54 Å². The smallest absolute Gasteiger partial charge is 0.329 e. The molecule has 0 aromatic heterocycles. The number of rotatable bonds is 6. The quantitative estimate of drug-likeness (QED) is 0.779. The number of likely N-dealkylation sites (tertiary alicyclic amines) is 1. The summed E-state index contributed by atoms with van der Waals surface area (Å²) in [7, 11) is 0. The predicted molar refractivity (Wildman–Crippen MR) is 78.2 cm³/mol. The second kappa shape index (κ2) is 7.07. The van der Waals surface area contributed by atoms with Crippen molar-refractivity contribution >= 4 is 11.9 Å². The third-order valence-corrected chi connectivity index (χ3v) is 4.25. The molecule has 0 aromatic rings. The monoisotopic (exact) mass is 284 g/mol. The number of carboxylic acids is 1. The molecule has 0 bridgehead atoms. The number of carboxylic acid groups (broad SMARTS) is 1. The maximum atomic E-state index is 12.5. The van der Waals surface area contributed by atoms with Crippen molar-refractivity contribution in [1.29, 1.82) is 0 Å². The van der Waals surface area contributed by atoms with E-state index in [1.54, 1.807) is 11.8 Å². The molecule has 5 nitrogen and oxygen atoms in total. The average molecular weight is 284 g/mol. The van der Waals surface area contributed by atoms with E-state index in [2.05, 4.69) is 13.8 Å². The molecular weight excluding hydrogens is 256 g/mol. The van der Waals surface area contributed by atoms with Gasteiger partial charge in [-0.25, -0.2) is 4.79 Å². The Balaban J connectivity index is 2.75. The van der Waals surface area contributed by atoms with Gasteiger partial charge in [0.2, 0.25) is 5.91 Å². The summed E-state index contributed by atoms with van der Waals surface area (Å²) in [6.07, 6.45) is 3.54.